The quantitative estimate of drug-likeness (QED) is 0.436. The number of aromatic nitrogens is 1. The van der Waals surface area contributed by atoms with E-state index in [1.54, 1.807) is 0 Å². The second kappa shape index (κ2) is 7.42. The van der Waals surface area contributed by atoms with Gasteiger partial charge in [0.15, 0.2) is 6.20 Å². The van der Waals surface area contributed by atoms with Crippen LogP contribution in [0.2, 0.25) is 0 Å². The molecular weight excluding hydrogens is 248 g/mol. The Bertz CT molecular complexity index is 421. The average molecular weight is 266 g/mol. The molecule has 0 aliphatic heterocycles. The van der Waals surface area contributed by atoms with E-state index < -0.39 is 4.92 Å². The van der Waals surface area contributed by atoms with E-state index in [0.29, 0.717) is 31.2 Å². The monoisotopic (exact) mass is 266 g/mol. The van der Waals surface area contributed by atoms with Gasteiger partial charge < -0.3 is 20.3 Å². The lowest BCUT2D eigenvalue weighted by atomic mass is 10.2. The van der Waals surface area contributed by atoms with E-state index in [4.69, 9.17) is 0 Å². The molecule has 104 valence electrons. The Kier molecular flexibility index (Phi) is 5.87. The molecule has 0 radical (unpaired) electrons. The van der Waals surface area contributed by atoms with Gasteiger partial charge in [-0.15, -0.1) is 0 Å². The van der Waals surface area contributed by atoms with Gasteiger partial charge in [-0.3, -0.25) is 4.79 Å². The molecule has 0 aromatic carbocycles. The van der Waals surface area contributed by atoms with Crippen LogP contribution in [0.5, 0.6) is 0 Å². The minimum atomic E-state index is -0.570. The summed E-state index contributed by atoms with van der Waals surface area (Å²) in [5.74, 6) is -0.229. The highest BCUT2D eigenvalue weighted by Crippen LogP contribution is 2.14. The second-order valence-electron chi connectivity index (χ2n) is 4.19. The van der Waals surface area contributed by atoms with Gasteiger partial charge in [-0.2, -0.15) is 0 Å². The largest absolute Gasteiger partial charge is 0.363 e. The molecule has 7 nitrogen and oxygen atoms in total. The molecule has 1 rings (SSSR count). The van der Waals surface area contributed by atoms with Crippen LogP contribution in [0.3, 0.4) is 0 Å². The molecule has 0 spiro atoms. The highest BCUT2D eigenvalue weighted by Gasteiger charge is 2.11. The lowest BCUT2D eigenvalue weighted by Crippen LogP contribution is -2.35. The smallest absolute Gasteiger partial charge is 0.358 e. The number of anilines is 1. The van der Waals surface area contributed by atoms with E-state index in [0.717, 1.165) is 6.42 Å². The highest BCUT2D eigenvalue weighted by molar-refractivity contribution is 5.74. The SMILES string of the molecule is CCC(C)NCCN(C=O)c1ccc([N+](=O)[O-])nc1. The van der Waals surface area contributed by atoms with Crippen molar-refractivity contribution >= 4 is 17.9 Å². The van der Waals surface area contributed by atoms with E-state index in [1.807, 2.05) is 0 Å². The van der Waals surface area contributed by atoms with Crippen LogP contribution in [0.4, 0.5) is 11.5 Å². The molecule has 19 heavy (non-hydrogen) atoms. The number of carbonyl (C=O) groups is 1. The van der Waals surface area contributed by atoms with E-state index in [-0.39, 0.29) is 5.82 Å². The Hall–Kier alpha value is -2.02. The van der Waals surface area contributed by atoms with Gasteiger partial charge in [0.1, 0.15) is 0 Å². The molecule has 1 amide bonds. The van der Waals surface area contributed by atoms with E-state index in [2.05, 4.69) is 24.1 Å². The average Bonchev–Trinajstić information content (AvgIpc) is 2.43. The number of nitrogens with zero attached hydrogens (tertiary/aromatic N) is 3. The molecule has 1 atom stereocenters. The molecule has 1 heterocycles. The van der Waals surface area contributed by atoms with Gasteiger partial charge in [-0.25, -0.2) is 0 Å². The fraction of sp³-hybridized carbons (Fsp3) is 0.500. The first-order chi connectivity index (χ1) is 9.08. The van der Waals surface area contributed by atoms with Crippen molar-refractivity contribution in [3.63, 3.8) is 0 Å². The fourth-order valence-corrected chi connectivity index (χ4v) is 1.47. The number of pyridine rings is 1. The zero-order chi connectivity index (χ0) is 14.3. The van der Waals surface area contributed by atoms with Crippen LogP contribution in [-0.2, 0) is 4.79 Å². The molecule has 1 unspecified atom stereocenters. The van der Waals surface area contributed by atoms with Crippen LogP contribution in [-0.4, -0.2) is 35.4 Å². The Labute approximate surface area is 111 Å². The van der Waals surface area contributed by atoms with Gasteiger partial charge in [0.25, 0.3) is 0 Å². The summed E-state index contributed by atoms with van der Waals surface area (Å²) < 4.78 is 0. The van der Waals surface area contributed by atoms with Gasteiger partial charge in [0, 0.05) is 25.2 Å². The van der Waals surface area contributed by atoms with E-state index >= 15 is 0 Å². The number of hydrogen-bond donors (Lipinski definition) is 1. The van der Waals surface area contributed by atoms with Crippen LogP contribution in [0.1, 0.15) is 20.3 Å². The van der Waals surface area contributed by atoms with Crippen molar-refractivity contribution in [2.75, 3.05) is 18.0 Å². The van der Waals surface area contributed by atoms with E-state index in [1.165, 1.54) is 23.2 Å². The number of carbonyl (C=O) groups excluding carboxylic acids is 1. The Balaban J connectivity index is 2.59. The summed E-state index contributed by atoms with van der Waals surface area (Å²) in [6.07, 6.45) is 3.04. The summed E-state index contributed by atoms with van der Waals surface area (Å²) in [5.41, 5.74) is 0.548. The zero-order valence-corrected chi connectivity index (χ0v) is 11.1. The number of rotatable bonds is 8. The number of nitro groups is 1. The maximum absolute atomic E-state index is 11.0. The molecule has 0 aliphatic rings. The molecule has 0 saturated heterocycles. The van der Waals surface area contributed by atoms with Crippen LogP contribution >= 0.6 is 0 Å². The number of amides is 1. The fourth-order valence-electron chi connectivity index (χ4n) is 1.47. The third kappa shape index (κ3) is 4.63. The maximum Gasteiger partial charge on any atom is 0.363 e. The zero-order valence-electron chi connectivity index (χ0n) is 11.1. The normalized spacial score (nSPS) is 11.9. The molecule has 1 N–H and O–H groups in total. The summed E-state index contributed by atoms with van der Waals surface area (Å²) >= 11 is 0. The molecule has 0 fully saturated rings. The van der Waals surface area contributed by atoms with Crippen LogP contribution in [0.15, 0.2) is 18.3 Å². The van der Waals surface area contributed by atoms with E-state index in [9.17, 15) is 14.9 Å². The van der Waals surface area contributed by atoms with Gasteiger partial charge in [-0.05, 0) is 29.3 Å². The van der Waals surface area contributed by atoms with Crippen molar-refractivity contribution in [2.24, 2.45) is 0 Å². The predicted octanol–water partition coefficient (Wildman–Crippen LogP) is 1.34. The lowest BCUT2D eigenvalue weighted by molar-refractivity contribution is -0.389. The first-order valence-corrected chi connectivity index (χ1v) is 6.14. The minimum absolute atomic E-state index is 0.229. The molecule has 7 heteroatoms. The highest BCUT2D eigenvalue weighted by atomic mass is 16.6. The predicted molar refractivity (Wildman–Crippen MR) is 72.1 cm³/mol. The van der Waals surface area contributed by atoms with Gasteiger partial charge in [0.2, 0.25) is 6.41 Å². The minimum Gasteiger partial charge on any atom is -0.358 e. The molecule has 1 aromatic rings. The molecular formula is C12H18N4O3. The first-order valence-electron chi connectivity index (χ1n) is 6.14. The Morgan fingerprint density at radius 3 is 2.79 bits per heavy atom. The number of nitrogens with one attached hydrogen (secondary N) is 1. The van der Waals surface area contributed by atoms with Gasteiger partial charge in [-0.1, -0.05) is 6.92 Å². The third-order valence-corrected chi connectivity index (χ3v) is 2.84. The van der Waals surface area contributed by atoms with Crippen molar-refractivity contribution < 1.29 is 9.72 Å². The van der Waals surface area contributed by atoms with Crippen LogP contribution < -0.4 is 10.2 Å². The molecule has 1 aromatic heterocycles. The topological polar surface area (TPSA) is 88.4 Å². The maximum atomic E-state index is 11.0. The summed E-state index contributed by atoms with van der Waals surface area (Å²) in [6, 6.07) is 3.19. The van der Waals surface area contributed by atoms with Gasteiger partial charge >= 0.3 is 5.82 Å². The van der Waals surface area contributed by atoms with Crippen LogP contribution in [0, 0.1) is 10.1 Å². The first kappa shape index (κ1) is 15.0. The van der Waals surface area contributed by atoms with Crippen molar-refractivity contribution in [2.45, 2.75) is 26.3 Å². The van der Waals surface area contributed by atoms with Gasteiger partial charge in [0.05, 0.1) is 5.69 Å². The molecule has 0 saturated carbocycles. The Morgan fingerprint density at radius 1 is 1.58 bits per heavy atom. The summed E-state index contributed by atoms with van der Waals surface area (Å²) in [4.78, 5) is 26.1. The third-order valence-electron chi connectivity index (χ3n) is 2.84. The Morgan fingerprint density at radius 2 is 2.32 bits per heavy atom. The summed E-state index contributed by atoms with van der Waals surface area (Å²) in [6.45, 7) is 5.30. The standard InChI is InChI=1S/C12H18N4O3/c1-3-10(2)13-6-7-15(9-17)11-4-5-12(14-8-11)16(18)19/h4-5,8-10,13H,3,6-7H2,1-2H3. The van der Waals surface area contributed by atoms with Crippen molar-refractivity contribution in [3.8, 4) is 0 Å². The molecule has 0 bridgehead atoms. The van der Waals surface area contributed by atoms with Crippen molar-refractivity contribution in [1.29, 1.82) is 0 Å². The van der Waals surface area contributed by atoms with Crippen molar-refractivity contribution in [1.82, 2.24) is 10.3 Å². The lowest BCUT2D eigenvalue weighted by Gasteiger charge is -2.18. The van der Waals surface area contributed by atoms with Crippen molar-refractivity contribution in [3.05, 3.63) is 28.4 Å². The summed E-state index contributed by atoms with van der Waals surface area (Å²) in [5, 5.41) is 13.7. The number of hydrogen-bond acceptors (Lipinski definition) is 5. The summed E-state index contributed by atoms with van der Waals surface area (Å²) in [7, 11) is 0. The molecule has 0 aliphatic carbocycles. The second-order valence-corrected chi connectivity index (χ2v) is 4.19. The van der Waals surface area contributed by atoms with Crippen LogP contribution in [0.25, 0.3) is 0 Å².